The molecule has 5 heteroatoms. The lowest BCUT2D eigenvalue weighted by atomic mass is 9.90. The second-order valence-electron chi connectivity index (χ2n) is 8.65. The summed E-state index contributed by atoms with van der Waals surface area (Å²) < 4.78 is 11.1. The summed E-state index contributed by atoms with van der Waals surface area (Å²) in [6, 6.07) is 10.7. The van der Waals surface area contributed by atoms with Gasteiger partial charge in [0.05, 0.1) is 0 Å². The lowest BCUT2D eigenvalue weighted by molar-refractivity contribution is 0.173. The van der Waals surface area contributed by atoms with Gasteiger partial charge in [-0.15, -0.1) is 0 Å². The number of ether oxygens (including phenoxy) is 2. The van der Waals surface area contributed by atoms with Crippen molar-refractivity contribution in [2.75, 3.05) is 31.8 Å². The van der Waals surface area contributed by atoms with E-state index in [1.54, 1.807) is 0 Å². The molecule has 30 heavy (non-hydrogen) atoms. The summed E-state index contributed by atoms with van der Waals surface area (Å²) in [6.45, 7) is 11.4. The molecule has 1 aliphatic heterocycles. The Bertz CT molecular complexity index is 809. The van der Waals surface area contributed by atoms with Crippen LogP contribution in [-0.2, 0) is 6.42 Å². The van der Waals surface area contributed by atoms with E-state index in [1.165, 1.54) is 24.0 Å². The Labute approximate surface area is 181 Å². The molecule has 0 bridgehead atoms. The van der Waals surface area contributed by atoms with Gasteiger partial charge in [0.1, 0.15) is 5.82 Å². The number of fused-ring (bicyclic) bond motifs is 1. The topological polar surface area (TPSA) is 46.6 Å². The highest BCUT2D eigenvalue weighted by Gasteiger charge is 2.17. The monoisotopic (exact) mass is 411 g/mol. The largest absolute Gasteiger partial charge is 0.454 e. The van der Waals surface area contributed by atoms with Gasteiger partial charge >= 0.3 is 0 Å². The number of para-hydroxylation sites is 1. The Kier molecular flexibility index (Phi) is 7.97. The Balaban J connectivity index is 1.53. The van der Waals surface area contributed by atoms with Crippen LogP contribution in [0.25, 0.3) is 0 Å². The van der Waals surface area contributed by atoms with Crippen LogP contribution in [0, 0.1) is 11.8 Å². The van der Waals surface area contributed by atoms with Crippen LogP contribution in [0.1, 0.15) is 57.7 Å². The molecule has 5 nitrogen and oxygen atoms in total. The molecule has 2 atom stereocenters. The molecule has 0 aliphatic carbocycles. The first-order valence-electron chi connectivity index (χ1n) is 11.3. The van der Waals surface area contributed by atoms with E-state index < -0.39 is 0 Å². The van der Waals surface area contributed by atoms with Crippen LogP contribution in [0.2, 0.25) is 0 Å². The summed E-state index contributed by atoms with van der Waals surface area (Å²) in [4.78, 5) is 6.89. The normalized spacial score (nSPS) is 14.7. The fourth-order valence-electron chi connectivity index (χ4n) is 4.12. The molecular formula is C25H37N3O2. The quantitative estimate of drug-likeness (QED) is 0.550. The standard InChI is InChI=1S/C25H37N3O2/c1-6-20(18(2)3)12-15-28(5)24-16-22(11-14-27-24)19(4)26-13-10-21-8-7-9-23-25(21)30-17-29-23/h7-9,11,14,16,18-20,26H,6,10,12-13,15,17H2,1-5H3. The molecule has 0 saturated heterocycles. The highest BCUT2D eigenvalue weighted by molar-refractivity contribution is 5.48. The van der Waals surface area contributed by atoms with Crippen molar-refractivity contribution >= 4 is 5.82 Å². The molecular weight excluding hydrogens is 374 g/mol. The van der Waals surface area contributed by atoms with Gasteiger partial charge in [-0.05, 0) is 67.5 Å². The minimum atomic E-state index is 0.258. The van der Waals surface area contributed by atoms with Crippen molar-refractivity contribution in [2.24, 2.45) is 11.8 Å². The predicted molar refractivity (Wildman–Crippen MR) is 123 cm³/mol. The molecule has 1 aromatic heterocycles. The average molecular weight is 412 g/mol. The number of aromatic nitrogens is 1. The van der Waals surface area contributed by atoms with Gasteiger partial charge in [-0.25, -0.2) is 4.98 Å². The van der Waals surface area contributed by atoms with E-state index >= 15 is 0 Å². The molecule has 0 amide bonds. The molecule has 0 radical (unpaired) electrons. The zero-order valence-corrected chi connectivity index (χ0v) is 19.1. The van der Waals surface area contributed by atoms with Gasteiger partial charge in [-0.2, -0.15) is 0 Å². The maximum Gasteiger partial charge on any atom is 0.231 e. The highest BCUT2D eigenvalue weighted by Crippen LogP contribution is 2.35. The van der Waals surface area contributed by atoms with Gasteiger partial charge < -0.3 is 19.7 Å². The first kappa shape index (κ1) is 22.4. The van der Waals surface area contributed by atoms with E-state index in [1.807, 2.05) is 18.3 Å². The van der Waals surface area contributed by atoms with E-state index in [-0.39, 0.29) is 6.04 Å². The summed E-state index contributed by atoms with van der Waals surface area (Å²) in [5.41, 5.74) is 2.45. The third kappa shape index (κ3) is 5.66. The molecule has 2 heterocycles. The Hall–Kier alpha value is -2.27. The fourth-order valence-corrected chi connectivity index (χ4v) is 4.12. The number of benzene rings is 1. The molecule has 1 aromatic carbocycles. The lowest BCUT2D eigenvalue weighted by Gasteiger charge is -2.25. The van der Waals surface area contributed by atoms with Crippen LogP contribution in [0.3, 0.4) is 0 Å². The van der Waals surface area contributed by atoms with E-state index in [0.717, 1.165) is 48.7 Å². The fraction of sp³-hybridized carbons (Fsp3) is 0.560. The van der Waals surface area contributed by atoms with Crippen molar-refractivity contribution in [3.05, 3.63) is 47.7 Å². The van der Waals surface area contributed by atoms with E-state index in [0.29, 0.717) is 6.79 Å². The molecule has 1 aliphatic rings. The number of nitrogens with one attached hydrogen (secondary N) is 1. The molecule has 3 rings (SSSR count). The molecule has 0 saturated carbocycles. The van der Waals surface area contributed by atoms with E-state index in [2.05, 4.69) is 68.1 Å². The molecule has 164 valence electrons. The smallest absolute Gasteiger partial charge is 0.231 e. The van der Waals surface area contributed by atoms with Crippen LogP contribution in [-0.4, -0.2) is 31.9 Å². The maximum atomic E-state index is 5.61. The Morgan fingerprint density at radius 3 is 2.77 bits per heavy atom. The van der Waals surface area contributed by atoms with Gasteiger partial charge in [0, 0.05) is 25.8 Å². The molecule has 1 N–H and O–H groups in total. The second-order valence-corrected chi connectivity index (χ2v) is 8.65. The van der Waals surface area contributed by atoms with Crippen molar-refractivity contribution in [1.29, 1.82) is 0 Å². The summed E-state index contributed by atoms with van der Waals surface area (Å²) >= 11 is 0. The third-order valence-corrected chi connectivity index (χ3v) is 6.29. The van der Waals surface area contributed by atoms with E-state index in [9.17, 15) is 0 Å². The van der Waals surface area contributed by atoms with Crippen molar-refractivity contribution in [3.8, 4) is 11.5 Å². The SMILES string of the molecule is CCC(CCN(C)c1cc(C(C)NCCc2cccc3c2OCO3)ccn1)C(C)C. The number of hydrogen-bond acceptors (Lipinski definition) is 5. The van der Waals surface area contributed by atoms with Crippen molar-refractivity contribution in [3.63, 3.8) is 0 Å². The second kappa shape index (κ2) is 10.7. The number of pyridine rings is 1. The van der Waals surface area contributed by atoms with Crippen molar-refractivity contribution in [1.82, 2.24) is 10.3 Å². The number of hydrogen-bond donors (Lipinski definition) is 1. The van der Waals surface area contributed by atoms with Crippen LogP contribution in [0.5, 0.6) is 11.5 Å². The number of nitrogens with zero attached hydrogens (tertiary/aromatic N) is 2. The highest BCUT2D eigenvalue weighted by atomic mass is 16.7. The third-order valence-electron chi connectivity index (χ3n) is 6.29. The first-order valence-corrected chi connectivity index (χ1v) is 11.3. The summed E-state index contributed by atoms with van der Waals surface area (Å²) in [5.74, 6) is 4.29. The number of rotatable bonds is 11. The lowest BCUT2D eigenvalue weighted by Crippen LogP contribution is -2.25. The summed E-state index contributed by atoms with van der Waals surface area (Å²) in [6.07, 6.45) is 5.27. The minimum Gasteiger partial charge on any atom is -0.454 e. The number of anilines is 1. The van der Waals surface area contributed by atoms with Crippen LogP contribution >= 0.6 is 0 Å². The van der Waals surface area contributed by atoms with Gasteiger partial charge in [-0.1, -0.05) is 39.3 Å². The zero-order valence-electron chi connectivity index (χ0n) is 19.1. The summed E-state index contributed by atoms with van der Waals surface area (Å²) in [7, 11) is 2.15. The Morgan fingerprint density at radius 2 is 2.00 bits per heavy atom. The van der Waals surface area contributed by atoms with Gasteiger partial charge in [-0.3, -0.25) is 0 Å². The molecule has 2 unspecified atom stereocenters. The molecule has 0 fully saturated rings. The van der Waals surface area contributed by atoms with Crippen molar-refractivity contribution in [2.45, 2.75) is 53.0 Å². The maximum absolute atomic E-state index is 5.61. The van der Waals surface area contributed by atoms with Crippen molar-refractivity contribution < 1.29 is 9.47 Å². The van der Waals surface area contributed by atoms with Crippen LogP contribution in [0.4, 0.5) is 5.82 Å². The average Bonchev–Trinajstić information content (AvgIpc) is 3.23. The molecule has 0 spiro atoms. The van der Waals surface area contributed by atoms with Gasteiger partial charge in [0.15, 0.2) is 11.5 Å². The first-order chi connectivity index (χ1) is 14.5. The van der Waals surface area contributed by atoms with Crippen LogP contribution in [0.15, 0.2) is 36.5 Å². The predicted octanol–water partition coefficient (Wildman–Crippen LogP) is 5.21. The molecule has 2 aromatic rings. The Morgan fingerprint density at radius 1 is 1.17 bits per heavy atom. The minimum absolute atomic E-state index is 0.258. The van der Waals surface area contributed by atoms with E-state index in [4.69, 9.17) is 9.47 Å². The summed E-state index contributed by atoms with van der Waals surface area (Å²) in [5, 5.41) is 3.64. The van der Waals surface area contributed by atoms with Crippen LogP contribution < -0.4 is 19.7 Å². The van der Waals surface area contributed by atoms with Gasteiger partial charge in [0.2, 0.25) is 6.79 Å². The van der Waals surface area contributed by atoms with Gasteiger partial charge in [0.25, 0.3) is 0 Å². The zero-order chi connectivity index (χ0) is 21.5.